The second-order valence-electron chi connectivity index (χ2n) is 6.74. The van der Waals surface area contributed by atoms with Crippen LogP contribution in [0.3, 0.4) is 0 Å². The Balaban J connectivity index is 2.09. The first-order valence-electron chi connectivity index (χ1n) is 9.64. The maximum atomic E-state index is 12.1. The zero-order valence-electron chi connectivity index (χ0n) is 16.4. The van der Waals surface area contributed by atoms with Gasteiger partial charge in [-0.05, 0) is 24.2 Å². The molecule has 5 nitrogen and oxygen atoms in total. The number of carbonyl (C=O) groups is 1. The molecule has 0 N–H and O–H groups in total. The molecular formula is C20H27N3O2SSi. The van der Waals surface area contributed by atoms with Crippen molar-refractivity contribution in [2.45, 2.75) is 58.4 Å². The predicted octanol–water partition coefficient (Wildman–Crippen LogP) is 5.49. The van der Waals surface area contributed by atoms with Gasteiger partial charge in [-0.15, -0.1) is 11.3 Å². The van der Waals surface area contributed by atoms with Crippen molar-refractivity contribution in [2.75, 3.05) is 0 Å². The van der Waals surface area contributed by atoms with Crippen molar-refractivity contribution in [3.05, 3.63) is 53.2 Å². The van der Waals surface area contributed by atoms with Gasteiger partial charge in [0.2, 0.25) is 0 Å². The summed E-state index contributed by atoms with van der Waals surface area (Å²) < 4.78 is 8.81. The highest BCUT2D eigenvalue weighted by molar-refractivity contribution is 7.19. The maximum Gasteiger partial charge on any atom is 0.193 e. The highest BCUT2D eigenvalue weighted by Gasteiger charge is 2.35. The smallest absolute Gasteiger partial charge is 0.193 e. The van der Waals surface area contributed by atoms with Crippen LogP contribution in [0.15, 0.2) is 37.1 Å². The summed E-state index contributed by atoms with van der Waals surface area (Å²) in [5.41, 5.74) is 1.90. The van der Waals surface area contributed by atoms with Gasteiger partial charge in [0.1, 0.15) is 23.0 Å². The number of Topliss-reactive ketones (excluding diaryl/α,β-unsaturated/α-hetero) is 1. The lowest BCUT2D eigenvalue weighted by atomic mass is 10.1. The number of rotatable bonds is 9. The number of ketones is 1. The second-order valence-corrected chi connectivity index (χ2v) is 12.5. The molecule has 0 radical (unpaired) electrons. The van der Waals surface area contributed by atoms with E-state index in [2.05, 4.69) is 36.8 Å². The summed E-state index contributed by atoms with van der Waals surface area (Å²) in [7, 11) is -1.87. The fourth-order valence-electron chi connectivity index (χ4n) is 3.36. The molecule has 0 saturated heterocycles. The standard InChI is InChI=1S/C20H27N3O2SSi/c1-5-16(24)17-13-23-14-22-18(20(23)26-17)19(15-10-9-11-21-12-15)25-27(6-2,7-3)8-4/h9-14,19H,5-8H2,1-4H3. The Bertz CT molecular complexity index is 894. The van der Waals surface area contributed by atoms with Gasteiger partial charge < -0.3 is 4.43 Å². The molecule has 0 spiro atoms. The first-order valence-corrected chi connectivity index (χ1v) is 13.0. The van der Waals surface area contributed by atoms with Crippen LogP contribution in [0.5, 0.6) is 0 Å². The van der Waals surface area contributed by atoms with Crippen LogP contribution in [0.25, 0.3) is 4.83 Å². The van der Waals surface area contributed by atoms with Crippen LogP contribution >= 0.6 is 11.3 Å². The third-order valence-electron chi connectivity index (χ3n) is 5.37. The van der Waals surface area contributed by atoms with Crippen molar-refractivity contribution in [1.29, 1.82) is 0 Å². The van der Waals surface area contributed by atoms with E-state index in [1.165, 1.54) is 11.3 Å². The average Bonchev–Trinajstić information content (AvgIpc) is 3.31. The van der Waals surface area contributed by atoms with Gasteiger partial charge in [0, 0.05) is 30.6 Å². The van der Waals surface area contributed by atoms with Crippen molar-refractivity contribution in [3.63, 3.8) is 0 Å². The minimum Gasteiger partial charge on any atom is -0.404 e. The van der Waals surface area contributed by atoms with E-state index in [0.29, 0.717) is 6.42 Å². The zero-order chi connectivity index (χ0) is 19.4. The SMILES string of the molecule is CCC(=O)c1cn2cnc(C(O[Si](CC)(CC)CC)c3cccnc3)c2s1. The van der Waals surface area contributed by atoms with Gasteiger partial charge in [-0.2, -0.15) is 0 Å². The molecule has 0 fully saturated rings. The van der Waals surface area contributed by atoms with Crippen LogP contribution < -0.4 is 0 Å². The van der Waals surface area contributed by atoms with E-state index in [9.17, 15) is 4.79 Å². The molecule has 3 aromatic rings. The molecular weight excluding hydrogens is 374 g/mol. The monoisotopic (exact) mass is 401 g/mol. The van der Waals surface area contributed by atoms with Crippen molar-refractivity contribution in [1.82, 2.24) is 14.4 Å². The summed E-state index contributed by atoms with van der Waals surface area (Å²) in [6, 6.07) is 7.19. The minimum atomic E-state index is -1.87. The van der Waals surface area contributed by atoms with E-state index in [1.807, 2.05) is 29.8 Å². The summed E-state index contributed by atoms with van der Waals surface area (Å²) >= 11 is 1.50. The molecule has 1 unspecified atom stereocenters. The van der Waals surface area contributed by atoms with Crippen LogP contribution in [-0.2, 0) is 4.43 Å². The molecule has 144 valence electrons. The number of hydrogen-bond acceptors (Lipinski definition) is 5. The Morgan fingerprint density at radius 1 is 1.26 bits per heavy atom. The molecule has 0 aliphatic heterocycles. The topological polar surface area (TPSA) is 56.5 Å². The summed E-state index contributed by atoms with van der Waals surface area (Å²) in [6.45, 7) is 8.57. The van der Waals surface area contributed by atoms with Gasteiger partial charge in [0.25, 0.3) is 0 Å². The first kappa shape index (κ1) is 19.9. The van der Waals surface area contributed by atoms with Crippen LogP contribution in [0.4, 0.5) is 0 Å². The maximum absolute atomic E-state index is 12.1. The lowest BCUT2D eigenvalue weighted by Gasteiger charge is -2.32. The number of aromatic nitrogens is 3. The number of fused-ring (bicyclic) bond motifs is 1. The number of carbonyl (C=O) groups excluding carboxylic acids is 1. The number of nitrogens with zero attached hydrogens (tertiary/aromatic N) is 3. The van der Waals surface area contributed by atoms with Gasteiger partial charge in [0.05, 0.1) is 4.88 Å². The van der Waals surface area contributed by atoms with Gasteiger partial charge in [-0.25, -0.2) is 4.98 Å². The summed E-state index contributed by atoms with van der Waals surface area (Å²) in [5.74, 6) is 0.160. The molecule has 3 rings (SSSR count). The quantitative estimate of drug-likeness (QED) is 0.351. The fourth-order valence-corrected chi connectivity index (χ4v) is 7.21. The van der Waals surface area contributed by atoms with Crippen molar-refractivity contribution < 1.29 is 9.22 Å². The van der Waals surface area contributed by atoms with Crippen LogP contribution in [0, 0.1) is 0 Å². The van der Waals surface area contributed by atoms with Crippen molar-refractivity contribution in [3.8, 4) is 0 Å². The number of imidazole rings is 1. The Labute approximate surface area is 165 Å². The molecule has 3 heterocycles. The molecule has 0 aliphatic rings. The zero-order valence-corrected chi connectivity index (χ0v) is 18.3. The van der Waals surface area contributed by atoms with Crippen LogP contribution in [-0.4, -0.2) is 28.5 Å². The van der Waals surface area contributed by atoms with Crippen molar-refractivity contribution in [2.24, 2.45) is 0 Å². The van der Waals surface area contributed by atoms with E-state index in [1.54, 1.807) is 12.5 Å². The molecule has 0 aliphatic carbocycles. The molecule has 27 heavy (non-hydrogen) atoms. The summed E-state index contributed by atoms with van der Waals surface area (Å²) in [6.07, 6.45) is 7.56. The fraction of sp³-hybridized carbons (Fsp3) is 0.450. The molecule has 3 aromatic heterocycles. The molecule has 1 atom stereocenters. The van der Waals surface area contributed by atoms with Gasteiger partial charge in [-0.1, -0.05) is 33.8 Å². The summed E-state index contributed by atoms with van der Waals surface area (Å²) in [4.78, 5) is 22.9. The molecule has 0 amide bonds. The van der Waals surface area contributed by atoms with E-state index in [0.717, 1.165) is 39.1 Å². The highest BCUT2D eigenvalue weighted by Crippen LogP contribution is 2.37. The third kappa shape index (κ3) is 3.90. The second kappa shape index (κ2) is 8.46. The third-order valence-corrected chi connectivity index (χ3v) is 11.1. The van der Waals surface area contributed by atoms with Crippen LogP contribution in [0.2, 0.25) is 18.1 Å². The van der Waals surface area contributed by atoms with E-state index in [4.69, 9.17) is 4.43 Å². The Morgan fingerprint density at radius 3 is 2.59 bits per heavy atom. The number of hydrogen-bond donors (Lipinski definition) is 0. The lowest BCUT2D eigenvalue weighted by molar-refractivity contribution is 0.0991. The first-order chi connectivity index (χ1) is 13.1. The van der Waals surface area contributed by atoms with E-state index >= 15 is 0 Å². The Morgan fingerprint density at radius 2 is 2.00 bits per heavy atom. The average molecular weight is 402 g/mol. The Kier molecular flexibility index (Phi) is 6.24. The normalized spacial score (nSPS) is 13.2. The minimum absolute atomic E-state index is 0.160. The largest absolute Gasteiger partial charge is 0.404 e. The van der Waals surface area contributed by atoms with Crippen LogP contribution in [0.1, 0.15) is 61.1 Å². The predicted molar refractivity (Wildman–Crippen MR) is 112 cm³/mol. The molecule has 0 aromatic carbocycles. The molecule has 7 heteroatoms. The number of pyridine rings is 1. The van der Waals surface area contributed by atoms with Gasteiger partial charge in [0.15, 0.2) is 14.1 Å². The van der Waals surface area contributed by atoms with E-state index < -0.39 is 8.32 Å². The molecule has 0 bridgehead atoms. The molecule has 0 saturated carbocycles. The lowest BCUT2D eigenvalue weighted by Crippen LogP contribution is -2.37. The Hall–Kier alpha value is -1.83. The van der Waals surface area contributed by atoms with E-state index in [-0.39, 0.29) is 11.9 Å². The summed E-state index contributed by atoms with van der Waals surface area (Å²) in [5, 5.41) is 0. The highest BCUT2D eigenvalue weighted by atomic mass is 32.1. The number of thiazole rings is 1. The van der Waals surface area contributed by atoms with Crippen molar-refractivity contribution >= 4 is 30.3 Å². The van der Waals surface area contributed by atoms with Gasteiger partial charge in [-0.3, -0.25) is 14.2 Å². The van der Waals surface area contributed by atoms with Gasteiger partial charge >= 0.3 is 0 Å².